The molecule has 10 heteroatoms. The zero-order valence-corrected chi connectivity index (χ0v) is 16.5. The number of nitro benzene ring substituents is 1. The standard InChI is InChI=1S/C18H16BrN5O4/c1-10-13(9-20)17(25)23(11-4-2-3-5-11)18(26)16(10)22-21-15-7-6-12(24(27)28)8-14(15)19/h6-8,11,25H,2-5H2,1H3. The van der Waals surface area contributed by atoms with Gasteiger partial charge in [-0.1, -0.05) is 12.8 Å². The zero-order chi connectivity index (χ0) is 20.4. The number of hydrogen-bond donors (Lipinski definition) is 1. The summed E-state index contributed by atoms with van der Waals surface area (Å²) in [6, 6.07) is 5.72. The van der Waals surface area contributed by atoms with Gasteiger partial charge in [-0.3, -0.25) is 19.5 Å². The van der Waals surface area contributed by atoms with Crippen LogP contribution in [-0.2, 0) is 0 Å². The first-order valence-corrected chi connectivity index (χ1v) is 9.38. The zero-order valence-electron chi connectivity index (χ0n) is 14.9. The van der Waals surface area contributed by atoms with Gasteiger partial charge in [-0.05, 0) is 41.8 Å². The van der Waals surface area contributed by atoms with E-state index in [1.54, 1.807) is 0 Å². The van der Waals surface area contributed by atoms with E-state index in [4.69, 9.17) is 0 Å². The van der Waals surface area contributed by atoms with Crippen molar-refractivity contribution in [2.24, 2.45) is 10.2 Å². The molecular weight excluding hydrogens is 430 g/mol. The second-order valence-electron chi connectivity index (χ2n) is 6.49. The van der Waals surface area contributed by atoms with Crippen molar-refractivity contribution in [3.63, 3.8) is 0 Å². The summed E-state index contributed by atoms with van der Waals surface area (Å²) in [7, 11) is 0. The Labute approximate surface area is 168 Å². The van der Waals surface area contributed by atoms with Gasteiger partial charge in [-0.25, -0.2) is 0 Å². The molecule has 2 aromatic rings. The van der Waals surface area contributed by atoms with E-state index in [0.29, 0.717) is 10.2 Å². The van der Waals surface area contributed by atoms with Gasteiger partial charge in [0, 0.05) is 23.7 Å². The number of nitrogens with zero attached hydrogens (tertiary/aromatic N) is 5. The maximum atomic E-state index is 13.0. The lowest BCUT2D eigenvalue weighted by Crippen LogP contribution is -2.24. The SMILES string of the molecule is Cc1c(C#N)c(O)n(C2CCCC2)c(=O)c1N=Nc1ccc([N+](=O)[O-])cc1Br. The van der Waals surface area contributed by atoms with Crippen LogP contribution < -0.4 is 5.56 Å². The van der Waals surface area contributed by atoms with Crippen LogP contribution in [0.15, 0.2) is 37.7 Å². The number of non-ortho nitro benzene ring substituents is 1. The summed E-state index contributed by atoms with van der Waals surface area (Å²) in [6.45, 7) is 1.53. The molecule has 0 amide bonds. The third-order valence-corrected chi connectivity index (χ3v) is 5.44. The van der Waals surface area contributed by atoms with Crippen LogP contribution in [0.3, 0.4) is 0 Å². The molecule has 1 aliphatic carbocycles. The third kappa shape index (κ3) is 3.53. The number of aromatic hydroxyl groups is 1. The highest BCUT2D eigenvalue weighted by molar-refractivity contribution is 9.10. The minimum atomic E-state index is -0.532. The van der Waals surface area contributed by atoms with E-state index in [2.05, 4.69) is 26.2 Å². The summed E-state index contributed by atoms with van der Waals surface area (Å²) in [4.78, 5) is 23.3. The number of rotatable bonds is 4. The van der Waals surface area contributed by atoms with Crippen molar-refractivity contribution in [3.05, 3.63) is 54.3 Å². The van der Waals surface area contributed by atoms with Gasteiger partial charge in [-0.2, -0.15) is 5.26 Å². The number of nitriles is 1. The highest BCUT2D eigenvalue weighted by Gasteiger charge is 2.26. The van der Waals surface area contributed by atoms with E-state index >= 15 is 0 Å². The lowest BCUT2D eigenvalue weighted by Gasteiger charge is -2.18. The Balaban J connectivity index is 2.10. The van der Waals surface area contributed by atoms with Gasteiger partial charge >= 0.3 is 0 Å². The maximum Gasteiger partial charge on any atom is 0.281 e. The Morgan fingerprint density at radius 3 is 2.61 bits per heavy atom. The number of halogens is 1. The Kier molecular flexibility index (Phi) is 5.56. The van der Waals surface area contributed by atoms with E-state index in [0.717, 1.165) is 25.7 Å². The average Bonchev–Trinajstić information content (AvgIpc) is 3.17. The third-order valence-electron chi connectivity index (χ3n) is 4.80. The fourth-order valence-corrected chi connectivity index (χ4v) is 3.77. The Morgan fingerprint density at radius 1 is 1.36 bits per heavy atom. The molecule has 28 heavy (non-hydrogen) atoms. The van der Waals surface area contributed by atoms with Crippen molar-refractivity contribution in [3.8, 4) is 11.9 Å². The molecule has 9 nitrogen and oxygen atoms in total. The normalized spacial score (nSPS) is 14.5. The van der Waals surface area contributed by atoms with E-state index in [1.807, 2.05) is 6.07 Å². The monoisotopic (exact) mass is 445 g/mol. The first-order chi connectivity index (χ1) is 13.3. The molecule has 0 aliphatic heterocycles. The molecule has 1 fully saturated rings. The van der Waals surface area contributed by atoms with E-state index in [9.17, 15) is 25.3 Å². The molecule has 1 heterocycles. The van der Waals surface area contributed by atoms with Crippen LogP contribution in [0.4, 0.5) is 17.1 Å². The van der Waals surface area contributed by atoms with Gasteiger partial charge in [0.15, 0.2) is 5.69 Å². The average molecular weight is 446 g/mol. The molecule has 1 N–H and O–H groups in total. The minimum absolute atomic E-state index is 0.0109. The molecule has 1 aromatic carbocycles. The molecule has 144 valence electrons. The summed E-state index contributed by atoms with van der Waals surface area (Å²) >= 11 is 3.20. The summed E-state index contributed by atoms with van der Waals surface area (Å²) < 4.78 is 1.58. The van der Waals surface area contributed by atoms with Gasteiger partial charge in [0.25, 0.3) is 11.2 Å². The number of azo groups is 1. The van der Waals surface area contributed by atoms with Gasteiger partial charge in [0.05, 0.1) is 9.40 Å². The molecule has 1 saturated carbocycles. The molecule has 0 atom stereocenters. The predicted molar refractivity (Wildman–Crippen MR) is 104 cm³/mol. The smallest absolute Gasteiger partial charge is 0.281 e. The second-order valence-corrected chi connectivity index (χ2v) is 7.34. The maximum absolute atomic E-state index is 13.0. The van der Waals surface area contributed by atoms with Gasteiger partial charge in [-0.15, -0.1) is 10.2 Å². The fraction of sp³-hybridized carbons (Fsp3) is 0.333. The Morgan fingerprint density at radius 2 is 2.04 bits per heavy atom. The highest BCUT2D eigenvalue weighted by atomic mass is 79.9. The number of hydrogen-bond acceptors (Lipinski definition) is 7. The number of aromatic nitrogens is 1. The molecule has 0 radical (unpaired) electrons. The summed E-state index contributed by atoms with van der Waals surface area (Å²) in [5, 5.41) is 38.7. The quantitative estimate of drug-likeness (QED) is 0.404. The first-order valence-electron chi connectivity index (χ1n) is 8.59. The summed E-state index contributed by atoms with van der Waals surface area (Å²) in [6.07, 6.45) is 3.37. The number of benzene rings is 1. The topological polar surface area (TPSA) is 134 Å². The molecule has 1 aromatic heterocycles. The summed E-state index contributed by atoms with van der Waals surface area (Å²) in [5.74, 6) is -0.340. The predicted octanol–water partition coefficient (Wildman–Crippen LogP) is 4.94. The second kappa shape index (κ2) is 7.90. The highest BCUT2D eigenvalue weighted by Crippen LogP contribution is 2.36. The van der Waals surface area contributed by atoms with Crippen molar-refractivity contribution in [2.75, 3.05) is 0 Å². The minimum Gasteiger partial charge on any atom is -0.493 e. The molecule has 0 bridgehead atoms. The van der Waals surface area contributed by atoms with Gasteiger partial charge < -0.3 is 5.11 Å². The Bertz CT molecular complexity index is 1080. The first kappa shape index (κ1) is 19.7. The molecule has 3 rings (SSSR count). The molecular formula is C18H16BrN5O4. The van der Waals surface area contributed by atoms with Gasteiger partial charge in [0.2, 0.25) is 5.88 Å². The fourth-order valence-electron chi connectivity index (χ4n) is 3.32. The van der Waals surface area contributed by atoms with E-state index < -0.39 is 10.5 Å². The number of nitro groups is 1. The van der Waals surface area contributed by atoms with Crippen molar-refractivity contribution < 1.29 is 10.0 Å². The number of pyridine rings is 1. The molecule has 1 aliphatic rings. The van der Waals surface area contributed by atoms with Crippen LogP contribution in [0.5, 0.6) is 5.88 Å². The lowest BCUT2D eigenvalue weighted by molar-refractivity contribution is -0.384. The molecule has 0 unspecified atom stereocenters. The molecule has 0 spiro atoms. The van der Waals surface area contributed by atoms with E-state index in [-0.39, 0.29) is 34.4 Å². The molecule has 0 saturated heterocycles. The van der Waals surface area contributed by atoms with Crippen molar-refractivity contribution in [2.45, 2.75) is 38.6 Å². The van der Waals surface area contributed by atoms with Crippen LogP contribution in [0.2, 0.25) is 0 Å². The van der Waals surface area contributed by atoms with Crippen LogP contribution in [-0.4, -0.2) is 14.6 Å². The van der Waals surface area contributed by atoms with Crippen LogP contribution in [0.25, 0.3) is 0 Å². The lowest BCUT2D eigenvalue weighted by atomic mass is 10.1. The van der Waals surface area contributed by atoms with Crippen molar-refractivity contribution in [1.29, 1.82) is 5.26 Å². The van der Waals surface area contributed by atoms with Crippen molar-refractivity contribution in [1.82, 2.24) is 4.57 Å². The van der Waals surface area contributed by atoms with Crippen LogP contribution >= 0.6 is 15.9 Å². The van der Waals surface area contributed by atoms with E-state index in [1.165, 1.54) is 29.7 Å². The van der Waals surface area contributed by atoms with Crippen molar-refractivity contribution >= 4 is 33.0 Å². The Hall–Kier alpha value is -3.06. The van der Waals surface area contributed by atoms with Crippen LogP contribution in [0.1, 0.15) is 42.9 Å². The largest absolute Gasteiger partial charge is 0.493 e. The summed E-state index contributed by atoms with van der Waals surface area (Å²) in [5.41, 5.74) is -0.135. The van der Waals surface area contributed by atoms with Gasteiger partial charge in [0.1, 0.15) is 17.3 Å². The van der Waals surface area contributed by atoms with Crippen LogP contribution in [0, 0.1) is 28.4 Å².